The zero-order valence-electron chi connectivity index (χ0n) is 9.83. The van der Waals surface area contributed by atoms with Gasteiger partial charge in [0, 0.05) is 19.1 Å². The number of aryl methyl sites for hydroxylation is 1. The summed E-state index contributed by atoms with van der Waals surface area (Å²) in [6, 6.07) is 10.6. The summed E-state index contributed by atoms with van der Waals surface area (Å²) in [5.41, 5.74) is 1.42. The minimum Gasteiger partial charge on any atom is -0.381 e. The van der Waals surface area contributed by atoms with Crippen LogP contribution in [0.2, 0.25) is 0 Å². The summed E-state index contributed by atoms with van der Waals surface area (Å²) >= 11 is 5.58. The van der Waals surface area contributed by atoms with Crippen LogP contribution in [-0.2, 0) is 11.2 Å². The normalized spacial score (nSPS) is 10.6. The number of hydrogen-bond acceptors (Lipinski definition) is 1. The molecule has 0 saturated carbocycles. The van der Waals surface area contributed by atoms with Gasteiger partial charge in [-0.05, 0) is 37.7 Å². The molecule has 0 radical (unpaired) electrons. The van der Waals surface area contributed by atoms with Crippen LogP contribution in [0.3, 0.4) is 0 Å². The van der Waals surface area contributed by atoms with Crippen molar-refractivity contribution in [2.24, 2.45) is 0 Å². The predicted octanol–water partition coefficient (Wildman–Crippen LogP) is 4.04. The van der Waals surface area contributed by atoms with Crippen LogP contribution in [0, 0.1) is 0 Å². The highest BCUT2D eigenvalue weighted by molar-refractivity contribution is 6.17. The number of ether oxygens (including phenoxy) is 1. The monoisotopic (exact) mass is 240 g/mol. The van der Waals surface area contributed by atoms with Gasteiger partial charge in [-0.1, -0.05) is 30.3 Å². The molecule has 1 aromatic rings. The molecule has 0 fully saturated rings. The van der Waals surface area contributed by atoms with Gasteiger partial charge in [-0.15, -0.1) is 11.6 Å². The number of halogens is 1. The minimum absolute atomic E-state index is 0.747. The second-order valence-electron chi connectivity index (χ2n) is 3.95. The van der Waals surface area contributed by atoms with Crippen LogP contribution in [0.5, 0.6) is 0 Å². The number of alkyl halides is 1. The maximum atomic E-state index is 5.58. The summed E-state index contributed by atoms with van der Waals surface area (Å²) in [6.45, 7) is 1.74. The molecule has 0 bridgehead atoms. The Bertz CT molecular complexity index is 248. The van der Waals surface area contributed by atoms with E-state index < -0.39 is 0 Å². The Hall–Kier alpha value is -0.530. The van der Waals surface area contributed by atoms with Crippen LogP contribution in [0.1, 0.15) is 31.2 Å². The van der Waals surface area contributed by atoms with E-state index >= 15 is 0 Å². The lowest BCUT2D eigenvalue weighted by Crippen LogP contribution is -1.98. The van der Waals surface area contributed by atoms with Crippen molar-refractivity contribution in [2.45, 2.75) is 32.1 Å². The second-order valence-corrected chi connectivity index (χ2v) is 4.33. The Morgan fingerprint density at radius 1 is 0.875 bits per heavy atom. The zero-order valence-corrected chi connectivity index (χ0v) is 10.6. The fourth-order valence-corrected chi connectivity index (χ4v) is 1.77. The topological polar surface area (TPSA) is 9.23 Å². The van der Waals surface area contributed by atoms with E-state index in [1.807, 2.05) is 0 Å². The first-order valence-electron chi connectivity index (χ1n) is 6.11. The first kappa shape index (κ1) is 13.5. The van der Waals surface area contributed by atoms with Gasteiger partial charge in [0.05, 0.1) is 0 Å². The molecule has 0 saturated heterocycles. The molecule has 16 heavy (non-hydrogen) atoms. The van der Waals surface area contributed by atoms with Crippen molar-refractivity contribution in [3.05, 3.63) is 35.9 Å². The fourth-order valence-electron chi connectivity index (χ4n) is 1.58. The van der Waals surface area contributed by atoms with Gasteiger partial charge in [0.2, 0.25) is 0 Å². The number of benzene rings is 1. The molecular weight excluding hydrogens is 220 g/mol. The van der Waals surface area contributed by atoms with E-state index in [4.69, 9.17) is 16.3 Å². The number of rotatable bonds is 9. The van der Waals surface area contributed by atoms with E-state index in [0.717, 1.165) is 44.8 Å². The van der Waals surface area contributed by atoms with Crippen molar-refractivity contribution >= 4 is 11.6 Å². The molecule has 0 aliphatic rings. The molecule has 0 aliphatic heterocycles. The van der Waals surface area contributed by atoms with Crippen molar-refractivity contribution < 1.29 is 4.74 Å². The standard InChI is InChI=1S/C14H21ClO/c15-11-5-7-13-16-12-6-4-10-14-8-2-1-3-9-14/h1-3,8-9H,4-7,10-13H2. The molecule has 1 aromatic carbocycles. The van der Waals surface area contributed by atoms with Crippen LogP contribution < -0.4 is 0 Å². The quantitative estimate of drug-likeness (QED) is 0.468. The Morgan fingerprint density at radius 3 is 2.25 bits per heavy atom. The Morgan fingerprint density at radius 2 is 1.56 bits per heavy atom. The van der Waals surface area contributed by atoms with Crippen LogP contribution in [0.25, 0.3) is 0 Å². The summed E-state index contributed by atoms with van der Waals surface area (Å²) < 4.78 is 5.52. The minimum atomic E-state index is 0.747. The van der Waals surface area contributed by atoms with Crippen molar-refractivity contribution in [1.29, 1.82) is 0 Å². The third-order valence-electron chi connectivity index (χ3n) is 2.52. The maximum absolute atomic E-state index is 5.58. The van der Waals surface area contributed by atoms with Gasteiger partial charge < -0.3 is 4.74 Å². The van der Waals surface area contributed by atoms with Gasteiger partial charge in [-0.2, -0.15) is 0 Å². The van der Waals surface area contributed by atoms with E-state index in [-0.39, 0.29) is 0 Å². The average molecular weight is 241 g/mol. The molecular formula is C14H21ClO. The largest absolute Gasteiger partial charge is 0.381 e. The Kier molecular flexibility index (Phi) is 8.19. The van der Waals surface area contributed by atoms with E-state index in [1.165, 1.54) is 12.0 Å². The van der Waals surface area contributed by atoms with E-state index in [2.05, 4.69) is 30.3 Å². The lowest BCUT2D eigenvalue weighted by molar-refractivity contribution is 0.128. The van der Waals surface area contributed by atoms with Crippen molar-refractivity contribution in [3.8, 4) is 0 Å². The van der Waals surface area contributed by atoms with Gasteiger partial charge in [0.15, 0.2) is 0 Å². The lowest BCUT2D eigenvalue weighted by Gasteiger charge is -2.03. The summed E-state index contributed by atoms with van der Waals surface area (Å²) in [5, 5.41) is 0. The number of unbranched alkanes of at least 4 members (excludes halogenated alkanes) is 2. The van der Waals surface area contributed by atoms with Gasteiger partial charge in [-0.25, -0.2) is 0 Å². The summed E-state index contributed by atoms with van der Waals surface area (Å²) in [7, 11) is 0. The van der Waals surface area contributed by atoms with E-state index in [0.29, 0.717) is 0 Å². The summed E-state index contributed by atoms with van der Waals surface area (Å²) in [5.74, 6) is 0.747. The molecule has 0 atom stereocenters. The molecule has 0 N–H and O–H groups in total. The molecule has 1 nitrogen and oxygen atoms in total. The highest BCUT2D eigenvalue weighted by Gasteiger charge is 1.93. The molecule has 90 valence electrons. The highest BCUT2D eigenvalue weighted by Crippen LogP contribution is 2.04. The molecule has 2 heteroatoms. The van der Waals surface area contributed by atoms with Crippen LogP contribution in [0.4, 0.5) is 0 Å². The van der Waals surface area contributed by atoms with E-state index in [1.54, 1.807) is 0 Å². The molecule has 0 amide bonds. The van der Waals surface area contributed by atoms with Crippen molar-refractivity contribution in [1.82, 2.24) is 0 Å². The molecule has 0 unspecified atom stereocenters. The second kappa shape index (κ2) is 9.68. The lowest BCUT2D eigenvalue weighted by atomic mass is 10.1. The van der Waals surface area contributed by atoms with Crippen molar-refractivity contribution in [2.75, 3.05) is 19.1 Å². The Balaban J connectivity index is 1.89. The van der Waals surface area contributed by atoms with Gasteiger partial charge in [-0.3, -0.25) is 0 Å². The van der Waals surface area contributed by atoms with Crippen molar-refractivity contribution in [3.63, 3.8) is 0 Å². The Labute approximate surface area is 104 Å². The zero-order chi connectivity index (χ0) is 11.5. The average Bonchev–Trinajstić information content (AvgIpc) is 2.34. The summed E-state index contributed by atoms with van der Waals surface area (Å²) in [4.78, 5) is 0. The maximum Gasteiger partial charge on any atom is 0.0466 e. The summed E-state index contributed by atoms with van der Waals surface area (Å²) in [6.07, 6.45) is 5.66. The molecule has 1 rings (SSSR count). The predicted molar refractivity (Wildman–Crippen MR) is 70.2 cm³/mol. The van der Waals surface area contributed by atoms with Crippen LogP contribution >= 0.6 is 11.6 Å². The first-order chi connectivity index (χ1) is 7.93. The molecule has 0 heterocycles. The van der Waals surface area contributed by atoms with Gasteiger partial charge in [0.1, 0.15) is 0 Å². The first-order valence-corrected chi connectivity index (χ1v) is 6.64. The molecule has 0 aromatic heterocycles. The SMILES string of the molecule is ClCCCCOCCCCc1ccccc1. The number of hydrogen-bond donors (Lipinski definition) is 0. The smallest absolute Gasteiger partial charge is 0.0466 e. The van der Waals surface area contributed by atoms with Gasteiger partial charge in [0.25, 0.3) is 0 Å². The van der Waals surface area contributed by atoms with Crippen LogP contribution in [-0.4, -0.2) is 19.1 Å². The molecule has 0 aliphatic carbocycles. The fraction of sp³-hybridized carbons (Fsp3) is 0.571. The highest BCUT2D eigenvalue weighted by atomic mass is 35.5. The third kappa shape index (κ3) is 6.86. The van der Waals surface area contributed by atoms with E-state index in [9.17, 15) is 0 Å². The van der Waals surface area contributed by atoms with Crippen LogP contribution in [0.15, 0.2) is 30.3 Å². The third-order valence-corrected chi connectivity index (χ3v) is 2.79. The molecule has 0 spiro atoms. The van der Waals surface area contributed by atoms with Gasteiger partial charge >= 0.3 is 0 Å².